The van der Waals surface area contributed by atoms with E-state index in [9.17, 15) is 23.9 Å². The zero-order valence-electron chi connectivity index (χ0n) is 18.9. The van der Waals surface area contributed by atoms with Crippen LogP contribution in [-0.2, 0) is 20.8 Å². The molecular formula is C27H23FN2O5. The molecule has 2 fully saturated rings. The first-order valence-electron chi connectivity index (χ1n) is 11.2. The molecule has 0 bridgehead atoms. The molecular weight excluding hydrogens is 451 g/mol. The van der Waals surface area contributed by atoms with Gasteiger partial charge in [0.25, 0.3) is 0 Å². The van der Waals surface area contributed by atoms with Gasteiger partial charge in [0.05, 0.1) is 24.6 Å². The van der Waals surface area contributed by atoms with Gasteiger partial charge >= 0.3 is 5.97 Å². The predicted octanol–water partition coefficient (Wildman–Crippen LogP) is 3.35. The van der Waals surface area contributed by atoms with Gasteiger partial charge in [-0.25, -0.2) is 9.29 Å². The number of nitrogens with zero attached hydrogens (tertiary/aromatic N) is 1. The smallest absolute Gasteiger partial charge is 0.325 e. The first-order valence-corrected chi connectivity index (χ1v) is 11.2. The maximum Gasteiger partial charge on any atom is 0.325 e. The van der Waals surface area contributed by atoms with Crippen molar-refractivity contribution >= 4 is 23.5 Å². The molecule has 2 aliphatic rings. The maximum absolute atomic E-state index is 14.9. The average Bonchev–Trinajstić information content (AvgIpc) is 3.34. The van der Waals surface area contributed by atoms with E-state index in [1.807, 2.05) is 0 Å². The molecule has 0 unspecified atom stereocenters. The van der Waals surface area contributed by atoms with E-state index in [0.717, 1.165) is 4.90 Å². The number of para-hydroxylation sites is 2. The lowest BCUT2D eigenvalue weighted by Gasteiger charge is -2.31. The van der Waals surface area contributed by atoms with E-state index in [1.54, 1.807) is 60.7 Å². The normalized spacial score (nSPS) is 25.5. The highest BCUT2D eigenvalue weighted by Gasteiger charge is 2.69. The highest BCUT2D eigenvalue weighted by atomic mass is 19.1. The van der Waals surface area contributed by atoms with Crippen LogP contribution in [0.4, 0.5) is 10.1 Å². The van der Waals surface area contributed by atoms with Crippen molar-refractivity contribution in [3.05, 3.63) is 95.8 Å². The Bertz CT molecular complexity index is 1310. The fraction of sp³-hybridized carbons (Fsp3) is 0.222. The Morgan fingerprint density at radius 2 is 1.66 bits per heavy atom. The third kappa shape index (κ3) is 3.49. The lowest BCUT2D eigenvalue weighted by atomic mass is 9.76. The van der Waals surface area contributed by atoms with E-state index in [2.05, 4.69) is 5.32 Å². The van der Waals surface area contributed by atoms with Crippen molar-refractivity contribution in [1.29, 1.82) is 0 Å². The van der Waals surface area contributed by atoms with Gasteiger partial charge in [-0.1, -0.05) is 60.7 Å². The third-order valence-corrected chi connectivity index (χ3v) is 6.93. The van der Waals surface area contributed by atoms with Gasteiger partial charge in [-0.05, 0) is 23.8 Å². The summed E-state index contributed by atoms with van der Waals surface area (Å²) in [6.45, 7) is 0. The molecule has 2 heterocycles. The Hall–Kier alpha value is -4.04. The zero-order chi connectivity index (χ0) is 24.7. The highest BCUT2D eigenvalue weighted by Crippen LogP contribution is 2.52. The van der Waals surface area contributed by atoms with Crippen LogP contribution in [0.3, 0.4) is 0 Å². The Morgan fingerprint density at radius 1 is 1.00 bits per heavy atom. The number of anilines is 1. The minimum Gasteiger partial charge on any atom is -0.495 e. The summed E-state index contributed by atoms with van der Waals surface area (Å²) in [7, 11) is 1.42. The van der Waals surface area contributed by atoms with Crippen LogP contribution in [0.25, 0.3) is 0 Å². The Labute approximate surface area is 201 Å². The van der Waals surface area contributed by atoms with Crippen LogP contribution in [0, 0.1) is 17.7 Å². The van der Waals surface area contributed by atoms with Crippen LogP contribution >= 0.6 is 0 Å². The molecule has 0 saturated carbocycles. The fourth-order valence-corrected chi connectivity index (χ4v) is 5.40. The monoisotopic (exact) mass is 474 g/mol. The number of amides is 2. The number of imide groups is 1. The van der Waals surface area contributed by atoms with E-state index in [1.165, 1.54) is 25.3 Å². The molecule has 0 radical (unpaired) electrons. The second kappa shape index (κ2) is 8.63. The van der Waals surface area contributed by atoms with Gasteiger partial charge in [-0.15, -0.1) is 0 Å². The molecule has 3 aromatic rings. The van der Waals surface area contributed by atoms with Gasteiger partial charge in [0.15, 0.2) is 0 Å². The summed E-state index contributed by atoms with van der Waals surface area (Å²) >= 11 is 0. The zero-order valence-corrected chi connectivity index (χ0v) is 18.9. The summed E-state index contributed by atoms with van der Waals surface area (Å²) in [5.41, 5.74) is -0.790. The molecule has 0 spiro atoms. The number of carboxylic acid groups (broad SMARTS) is 1. The van der Waals surface area contributed by atoms with Crippen molar-refractivity contribution in [2.75, 3.05) is 12.0 Å². The SMILES string of the molecule is COc1ccccc1N1C(=O)[C@@H]2[C@H](c3ccccc3F)N[C@](Cc3ccccc3)(C(=O)O)[C@H]2C1=O. The molecule has 5 rings (SSSR count). The number of fused-ring (bicyclic) bond motifs is 1. The van der Waals surface area contributed by atoms with Crippen LogP contribution in [-0.4, -0.2) is 35.5 Å². The minimum atomic E-state index is -1.83. The first-order chi connectivity index (χ1) is 16.9. The molecule has 178 valence electrons. The summed E-state index contributed by atoms with van der Waals surface area (Å²) < 4.78 is 20.3. The summed E-state index contributed by atoms with van der Waals surface area (Å²) in [4.78, 5) is 41.6. The largest absolute Gasteiger partial charge is 0.495 e. The highest BCUT2D eigenvalue weighted by molar-refractivity contribution is 6.24. The van der Waals surface area contributed by atoms with Gasteiger partial charge < -0.3 is 9.84 Å². The maximum atomic E-state index is 14.9. The van der Waals surface area contributed by atoms with Crippen LogP contribution < -0.4 is 15.0 Å². The Kier molecular flexibility index (Phi) is 5.61. The summed E-state index contributed by atoms with van der Waals surface area (Å²) in [6, 6.07) is 20.3. The molecule has 0 aliphatic carbocycles. The van der Waals surface area contributed by atoms with E-state index in [-0.39, 0.29) is 17.7 Å². The van der Waals surface area contributed by atoms with Crippen molar-refractivity contribution in [2.24, 2.45) is 11.8 Å². The minimum absolute atomic E-state index is 0.0614. The summed E-state index contributed by atoms with van der Waals surface area (Å²) in [5.74, 6) is -5.20. The number of nitrogens with one attached hydrogen (secondary N) is 1. The molecule has 2 amide bonds. The lowest BCUT2D eigenvalue weighted by molar-refractivity contribution is -0.148. The number of methoxy groups -OCH3 is 1. The van der Waals surface area contributed by atoms with Crippen molar-refractivity contribution < 1.29 is 28.6 Å². The summed E-state index contributed by atoms with van der Waals surface area (Å²) in [5, 5.41) is 13.5. The van der Waals surface area contributed by atoms with Crippen molar-refractivity contribution in [2.45, 2.75) is 18.0 Å². The first kappa shape index (κ1) is 22.7. The number of benzene rings is 3. The number of hydrogen-bond donors (Lipinski definition) is 2. The van der Waals surface area contributed by atoms with Gasteiger partial charge in [0.2, 0.25) is 11.8 Å². The van der Waals surface area contributed by atoms with Gasteiger partial charge in [-0.2, -0.15) is 0 Å². The Balaban J connectivity index is 1.69. The molecule has 8 heteroatoms. The molecule has 2 saturated heterocycles. The van der Waals surface area contributed by atoms with Crippen LogP contribution in [0.5, 0.6) is 5.75 Å². The average molecular weight is 474 g/mol. The van der Waals surface area contributed by atoms with Gasteiger partial charge in [0, 0.05) is 18.0 Å². The second-order valence-electron chi connectivity index (χ2n) is 8.77. The van der Waals surface area contributed by atoms with E-state index >= 15 is 0 Å². The molecule has 0 aromatic heterocycles. The molecule has 2 aliphatic heterocycles. The number of aliphatic carboxylic acids is 1. The van der Waals surface area contributed by atoms with Gasteiger partial charge in [0.1, 0.15) is 17.1 Å². The van der Waals surface area contributed by atoms with Crippen LogP contribution in [0.1, 0.15) is 17.2 Å². The third-order valence-electron chi connectivity index (χ3n) is 6.93. The van der Waals surface area contributed by atoms with Crippen LogP contribution in [0.15, 0.2) is 78.9 Å². The molecule has 3 aromatic carbocycles. The Morgan fingerprint density at radius 3 is 2.34 bits per heavy atom. The quantitative estimate of drug-likeness (QED) is 0.532. The number of halogens is 1. The number of carbonyl (C=O) groups excluding carboxylic acids is 2. The molecule has 35 heavy (non-hydrogen) atoms. The topological polar surface area (TPSA) is 95.9 Å². The molecule has 2 N–H and O–H groups in total. The standard InChI is InChI=1S/C27H23FN2O5/c1-35-20-14-8-7-13-19(20)30-24(31)21-22(25(30)32)27(26(33)34,15-16-9-3-2-4-10-16)29-23(21)17-11-5-6-12-18(17)28/h2-14,21-23,29H,15H2,1H3,(H,33,34)/t21-,22+,23-,27-/m0/s1. The van der Waals surface area contributed by atoms with E-state index in [4.69, 9.17) is 4.74 Å². The predicted molar refractivity (Wildman–Crippen MR) is 125 cm³/mol. The van der Waals surface area contributed by atoms with Crippen molar-refractivity contribution in [3.8, 4) is 5.75 Å². The lowest BCUT2D eigenvalue weighted by Crippen LogP contribution is -2.57. The number of ether oxygens (including phenoxy) is 1. The number of carbonyl (C=O) groups is 3. The van der Waals surface area contributed by atoms with E-state index < -0.39 is 47.0 Å². The molecule has 7 nitrogen and oxygen atoms in total. The number of rotatable bonds is 6. The van der Waals surface area contributed by atoms with Crippen LogP contribution in [0.2, 0.25) is 0 Å². The molecule has 4 atom stereocenters. The number of hydrogen-bond acceptors (Lipinski definition) is 5. The summed E-state index contributed by atoms with van der Waals surface area (Å²) in [6.07, 6.45) is -0.0614. The van der Waals surface area contributed by atoms with E-state index in [0.29, 0.717) is 11.3 Å². The van der Waals surface area contributed by atoms with Crippen molar-refractivity contribution in [3.63, 3.8) is 0 Å². The second-order valence-corrected chi connectivity index (χ2v) is 8.77. The number of carboxylic acids is 1. The van der Waals surface area contributed by atoms with Crippen molar-refractivity contribution in [1.82, 2.24) is 5.32 Å². The fourth-order valence-electron chi connectivity index (χ4n) is 5.40. The van der Waals surface area contributed by atoms with Gasteiger partial charge in [-0.3, -0.25) is 19.7 Å².